The number of aromatic nitrogens is 5. The van der Waals surface area contributed by atoms with E-state index >= 15 is 0 Å². The maximum atomic E-state index is 11.6. The van der Waals surface area contributed by atoms with Crippen LogP contribution in [0.5, 0.6) is 0 Å². The van der Waals surface area contributed by atoms with Crippen molar-refractivity contribution in [2.24, 2.45) is 0 Å². The van der Waals surface area contributed by atoms with Crippen molar-refractivity contribution in [3.05, 3.63) is 69.8 Å². The standard InChI is InChI=1S/2C8H11NOS.C7H9NO2S.2C5H4NOS.6C4H9.2Sn/c2*1-5(2)7-4-9-8(11-7)6(3)10;1-4(2)5-3-8-6(11-5)7(9)10;2*1-4(7)5-6-2-3-8-5;6*1-3-4-2;;/h2*4-5H,1-3H3;3-4H,1-2H3,(H,9,10);3H,1H3;2H,1H3;6*1,3-4H2,2H3;;. The fraction of sp³-hybridized carbons (Fsp3) is 0.649. The molecule has 0 fully saturated rings. The molecule has 5 aromatic rings. The summed E-state index contributed by atoms with van der Waals surface area (Å²) in [5, 5.41) is 13.6. The summed E-state index contributed by atoms with van der Waals surface area (Å²) in [4.78, 5) is 79.6. The number of carboxylic acids is 1. The molecule has 420 valence electrons. The third-order valence-electron chi connectivity index (χ3n) is 12.8. The van der Waals surface area contributed by atoms with Gasteiger partial charge < -0.3 is 5.11 Å². The van der Waals surface area contributed by atoms with E-state index in [1.54, 1.807) is 71.9 Å². The van der Waals surface area contributed by atoms with Crippen LogP contribution in [0.2, 0.25) is 26.6 Å². The summed E-state index contributed by atoms with van der Waals surface area (Å²) in [7, 11) is 0. The first-order chi connectivity index (χ1) is 35.5. The van der Waals surface area contributed by atoms with Crippen LogP contribution in [0.3, 0.4) is 0 Å². The van der Waals surface area contributed by atoms with Crippen LogP contribution in [0.1, 0.15) is 269 Å². The molecular weight excluding hydrogens is 1250 g/mol. The second-order valence-corrected chi connectivity index (χ2v) is 52.7. The summed E-state index contributed by atoms with van der Waals surface area (Å²) in [6.45, 7) is 32.5. The summed E-state index contributed by atoms with van der Waals surface area (Å²) < 4.78 is 11.6. The van der Waals surface area contributed by atoms with Crippen molar-refractivity contribution in [1.29, 1.82) is 0 Å². The summed E-state index contributed by atoms with van der Waals surface area (Å²) >= 11 is 2.80. The number of unbranched alkanes of at least 4 members (excludes halogenated alkanes) is 6. The Morgan fingerprint density at radius 3 is 0.973 bits per heavy atom. The van der Waals surface area contributed by atoms with Gasteiger partial charge in [0.2, 0.25) is 5.01 Å². The molecule has 0 radical (unpaired) electrons. The van der Waals surface area contributed by atoms with Crippen molar-refractivity contribution in [2.45, 2.75) is 232 Å². The number of hydrogen-bond acceptors (Lipinski definition) is 15. The Hall–Kier alpha value is -2.10. The van der Waals surface area contributed by atoms with E-state index in [4.69, 9.17) is 10.1 Å². The van der Waals surface area contributed by atoms with Gasteiger partial charge in [0.05, 0.1) is 0 Å². The molecule has 5 aromatic heterocycles. The van der Waals surface area contributed by atoms with E-state index in [9.17, 15) is 24.0 Å². The molecule has 0 spiro atoms. The molecular formula is C57H93N5O6S5Sn2. The molecule has 5 heterocycles. The summed E-state index contributed by atoms with van der Waals surface area (Å²) in [6, 6.07) is 0. The van der Waals surface area contributed by atoms with Gasteiger partial charge in [0.1, 0.15) is 0 Å². The molecule has 0 aliphatic carbocycles. The van der Waals surface area contributed by atoms with Crippen molar-refractivity contribution < 1.29 is 29.1 Å². The van der Waals surface area contributed by atoms with Gasteiger partial charge in [-0.05, 0) is 17.8 Å². The molecule has 0 amide bonds. The molecule has 0 aliphatic heterocycles. The van der Waals surface area contributed by atoms with E-state index in [0.717, 1.165) is 14.9 Å². The van der Waals surface area contributed by atoms with Gasteiger partial charge in [-0.25, -0.2) is 19.7 Å². The van der Waals surface area contributed by atoms with Crippen LogP contribution in [0.25, 0.3) is 0 Å². The summed E-state index contributed by atoms with van der Waals surface area (Å²) in [6.07, 6.45) is 23.1. The second kappa shape index (κ2) is 38.5. The fourth-order valence-corrected chi connectivity index (χ4v) is 47.8. The van der Waals surface area contributed by atoms with Crippen LogP contribution in [-0.4, -0.2) is 95.9 Å². The Kier molecular flexibility index (Phi) is 36.4. The molecule has 0 aliphatic rings. The van der Waals surface area contributed by atoms with E-state index in [0.29, 0.717) is 27.8 Å². The Balaban J connectivity index is 0.000000485. The molecule has 0 atom stereocenters. The number of carboxylic acid groups (broad SMARTS) is 1. The van der Waals surface area contributed by atoms with Crippen molar-refractivity contribution in [2.75, 3.05) is 0 Å². The minimum absolute atomic E-state index is 0.0573. The van der Waals surface area contributed by atoms with E-state index < -0.39 is 42.7 Å². The van der Waals surface area contributed by atoms with Gasteiger partial charge in [0.15, 0.2) is 21.6 Å². The summed E-state index contributed by atoms with van der Waals surface area (Å²) in [5.74, 6) is 0.744. The van der Waals surface area contributed by atoms with E-state index in [1.807, 2.05) is 13.8 Å². The molecule has 0 saturated heterocycles. The number of thiazole rings is 5. The quantitative estimate of drug-likeness (QED) is 0.0373. The van der Waals surface area contributed by atoms with Crippen LogP contribution in [0.15, 0.2) is 30.2 Å². The number of ketones is 4. The first-order valence-corrected chi connectivity index (χ1v) is 46.7. The zero-order valence-corrected chi connectivity index (χ0v) is 58.4. The fourth-order valence-electron chi connectivity index (χ4n) is 8.04. The van der Waals surface area contributed by atoms with Gasteiger partial charge in [0.25, 0.3) is 0 Å². The third-order valence-corrected chi connectivity index (χ3v) is 52.7. The molecule has 0 bridgehead atoms. The monoisotopic (exact) mass is 1340 g/mol. The van der Waals surface area contributed by atoms with Crippen LogP contribution >= 0.6 is 56.7 Å². The third kappa shape index (κ3) is 25.7. The molecule has 0 aromatic carbocycles. The van der Waals surface area contributed by atoms with Gasteiger partial charge in [-0.1, -0.05) is 41.5 Å². The number of nitrogens with zero attached hydrogens (tertiary/aromatic N) is 5. The zero-order chi connectivity index (χ0) is 56.7. The van der Waals surface area contributed by atoms with Gasteiger partial charge in [-0.15, -0.1) is 34.0 Å². The van der Waals surface area contributed by atoms with E-state index in [1.165, 1.54) is 151 Å². The maximum absolute atomic E-state index is 11.6. The SMILES string of the molecule is CC(=O)c1ncc(C(C)C)s1.CC(=O)c1ncc(C(C)C)s1.CC(C)c1cnc(C(=O)O)s1.CCC[CH2][Sn]([CH2]CCC)([CH2]CCC)[c]1cnc(C(C)=O)s1.CCC[CH2][Sn]([CH2]CCC)([CH2]CCC)[c]1csc(C(C)=O)n1. The molecule has 0 unspecified atom stereocenters. The number of rotatable bonds is 28. The van der Waals surface area contributed by atoms with Crippen molar-refractivity contribution in [3.63, 3.8) is 0 Å². The molecule has 18 heteroatoms. The van der Waals surface area contributed by atoms with Crippen molar-refractivity contribution in [1.82, 2.24) is 24.9 Å². The molecule has 75 heavy (non-hydrogen) atoms. The van der Waals surface area contributed by atoms with Crippen LogP contribution in [-0.2, 0) is 0 Å². The number of carbonyl (C=O) groups excluding carboxylic acids is 4. The second-order valence-electron chi connectivity index (χ2n) is 20.4. The Labute approximate surface area is 480 Å². The van der Waals surface area contributed by atoms with Crippen LogP contribution < -0.4 is 6.60 Å². The summed E-state index contributed by atoms with van der Waals surface area (Å²) in [5.41, 5.74) is 0. The van der Waals surface area contributed by atoms with Crippen molar-refractivity contribution in [3.8, 4) is 0 Å². The van der Waals surface area contributed by atoms with Crippen LogP contribution in [0.4, 0.5) is 0 Å². The number of carbonyl (C=O) groups is 5. The van der Waals surface area contributed by atoms with Gasteiger partial charge in [-0.2, -0.15) is 0 Å². The predicted octanol–water partition coefficient (Wildman–Crippen LogP) is 17.7. The Morgan fingerprint density at radius 1 is 0.440 bits per heavy atom. The van der Waals surface area contributed by atoms with E-state index in [-0.39, 0.29) is 28.1 Å². The molecule has 5 rings (SSSR count). The first kappa shape index (κ1) is 70.9. The first-order valence-electron chi connectivity index (χ1n) is 27.6. The number of Topliss-reactive ketones (excluding diaryl/α,β-unsaturated/α-hetero) is 4. The van der Waals surface area contributed by atoms with Crippen LogP contribution in [0, 0.1) is 0 Å². The molecule has 1 N–H and O–H groups in total. The average molecular weight is 1340 g/mol. The zero-order valence-electron chi connectivity index (χ0n) is 48.6. The Bertz CT molecular complexity index is 2160. The average Bonchev–Trinajstić information content (AvgIpc) is 4.24. The topological polar surface area (TPSA) is 170 Å². The number of aromatic carboxylic acids is 1. The minimum atomic E-state index is -2.39. The Morgan fingerprint density at radius 2 is 0.733 bits per heavy atom. The number of hydrogen-bond donors (Lipinski definition) is 1. The van der Waals surface area contributed by atoms with Gasteiger partial charge >= 0.3 is 284 Å². The van der Waals surface area contributed by atoms with Gasteiger partial charge in [-0.3, -0.25) is 9.59 Å². The van der Waals surface area contributed by atoms with Gasteiger partial charge in [0, 0.05) is 47.1 Å². The molecule has 11 nitrogen and oxygen atoms in total. The normalized spacial score (nSPS) is 11.2. The van der Waals surface area contributed by atoms with E-state index in [2.05, 4.69) is 101 Å². The predicted molar refractivity (Wildman–Crippen MR) is 329 cm³/mol. The van der Waals surface area contributed by atoms with Crippen molar-refractivity contribution >= 4 is 129 Å². The molecule has 0 saturated carbocycles.